The molecule has 1 nitrogen and oxygen atoms in total. The van der Waals surface area contributed by atoms with E-state index in [1.165, 1.54) is 35.1 Å². The summed E-state index contributed by atoms with van der Waals surface area (Å²) >= 11 is 0. The molecule has 0 N–H and O–H groups in total. The molecule has 0 spiro atoms. The molecule has 1 fully saturated rings. The summed E-state index contributed by atoms with van der Waals surface area (Å²) in [6.07, 6.45) is 5.21. The molecule has 1 aliphatic rings. The maximum Gasteiger partial charge on any atom is 0.143 e. The van der Waals surface area contributed by atoms with E-state index in [1.54, 1.807) is 0 Å². The zero-order valence-corrected chi connectivity index (χ0v) is 12.1. The molecule has 0 bridgehead atoms. The number of rotatable bonds is 3. The second-order valence-electron chi connectivity index (χ2n) is 6.24. The number of carbonyl (C=O) groups is 1. The molecule has 0 aromatic heterocycles. The molecule has 0 aliphatic heterocycles. The smallest absolute Gasteiger partial charge is 0.143 e. The van der Waals surface area contributed by atoms with Crippen LogP contribution in [0.25, 0.3) is 0 Å². The zero-order chi connectivity index (χ0) is 13.3. The Morgan fingerprint density at radius 3 is 2.11 bits per heavy atom. The quantitative estimate of drug-likeness (QED) is 0.774. The third-order valence-corrected chi connectivity index (χ3v) is 4.56. The Morgan fingerprint density at radius 1 is 1.11 bits per heavy atom. The van der Waals surface area contributed by atoms with Crippen molar-refractivity contribution in [3.8, 4) is 0 Å². The second kappa shape index (κ2) is 4.87. The molecule has 2 rings (SSSR count). The van der Waals surface area contributed by atoms with Crippen LogP contribution in [0.3, 0.4) is 0 Å². The highest BCUT2D eigenvalue weighted by atomic mass is 16.1. The summed E-state index contributed by atoms with van der Waals surface area (Å²) < 4.78 is 0. The van der Waals surface area contributed by atoms with Crippen molar-refractivity contribution in [2.45, 2.75) is 59.8 Å². The molecule has 1 aromatic carbocycles. The van der Waals surface area contributed by atoms with Crippen molar-refractivity contribution >= 4 is 5.78 Å². The van der Waals surface area contributed by atoms with E-state index in [1.807, 2.05) is 0 Å². The van der Waals surface area contributed by atoms with E-state index in [2.05, 4.69) is 39.8 Å². The van der Waals surface area contributed by atoms with Crippen molar-refractivity contribution in [1.82, 2.24) is 0 Å². The van der Waals surface area contributed by atoms with Gasteiger partial charge in [0, 0.05) is 11.8 Å². The Bertz CT molecular complexity index is 441. The van der Waals surface area contributed by atoms with E-state index in [0.29, 0.717) is 12.2 Å². The third kappa shape index (κ3) is 2.50. The monoisotopic (exact) mass is 244 g/mol. The molecular weight excluding hydrogens is 220 g/mol. The molecule has 1 aromatic rings. The van der Waals surface area contributed by atoms with Crippen LogP contribution in [0.15, 0.2) is 12.1 Å². The fourth-order valence-corrected chi connectivity index (χ4v) is 3.30. The van der Waals surface area contributed by atoms with Gasteiger partial charge in [-0.1, -0.05) is 37.5 Å². The SMILES string of the molecule is Cc1cc(C)c(CC(=O)C2(C)CCCC2)c(C)c1. The summed E-state index contributed by atoms with van der Waals surface area (Å²) in [4.78, 5) is 12.5. The molecule has 0 atom stereocenters. The summed E-state index contributed by atoms with van der Waals surface area (Å²) in [6.45, 7) is 8.52. The highest BCUT2D eigenvalue weighted by Crippen LogP contribution is 2.39. The first-order chi connectivity index (χ1) is 8.42. The van der Waals surface area contributed by atoms with Gasteiger partial charge in [0.15, 0.2) is 0 Å². The van der Waals surface area contributed by atoms with E-state index in [4.69, 9.17) is 0 Å². The van der Waals surface area contributed by atoms with Gasteiger partial charge in [0.2, 0.25) is 0 Å². The minimum absolute atomic E-state index is 0.0518. The van der Waals surface area contributed by atoms with Crippen LogP contribution in [0.4, 0.5) is 0 Å². The predicted molar refractivity (Wildman–Crippen MR) is 75.9 cm³/mol. The van der Waals surface area contributed by atoms with Crippen molar-refractivity contribution in [2.24, 2.45) is 5.41 Å². The molecular formula is C17H24O. The minimum Gasteiger partial charge on any atom is -0.299 e. The molecule has 0 heterocycles. The lowest BCUT2D eigenvalue weighted by Crippen LogP contribution is -2.26. The highest BCUT2D eigenvalue weighted by Gasteiger charge is 2.35. The molecule has 1 saturated carbocycles. The van der Waals surface area contributed by atoms with Crippen molar-refractivity contribution in [3.05, 3.63) is 34.4 Å². The van der Waals surface area contributed by atoms with Crippen LogP contribution in [0, 0.1) is 26.2 Å². The molecule has 0 amide bonds. The lowest BCUT2D eigenvalue weighted by Gasteiger charge is -2.23. The number of ketones is 1. The van der Waals surface area contributed by atoms with E-state index in [-0.39, 0.29) is 5.41 Å². The molecule has 0 radical (unpaired) electrons. The van der Waals surface area contributed by atoms with E-state index in [9.17, 15) is 4.79 Å². The first kappa shape index (κ1) is 13.3. The average Bonchev–Trinajstić information content (AvgIpc) is 2.71. The number of aryl methyl sites for hydroxylation is 3. The first-order valence-corrected chi connectivity index (χ1v) is 7.02. The van der Waals surface area contributed by atoms with Crippen molar-refractivity contribution in [1.29, 1.82) is 0 Å². The van der Waals surface area contributed by atoms with Crippen LogP contribution < -0.4 is 0 Å². The topological polar surface area (TPSA) is 17.1 Å². The molecule has 0 unspecified atom stereocenters. The largest absolute Gasteiger partial charge is 0.299 e. The van der Waals surface area contributed by atoms with Crippen LogP contribution in [0.1, 0.15) is 54.9 Å². The number of hydrogen-bond acceptors (Lipinski definition) is 1. The van der Waals surface area contributed by atoms with Gasteiger partial charge < -0.3 is 0 Å². The standard InChI is InChI=1S/C17H24O/c1-12-9-13(2)15(14(3)10-12)11-16(18)17(4)7-5-6-8-17/h9-10H,5-8,11H2,1-4H3. The molecule has 1 aliphatic carbocycles. The van der Waals surface area contributed by atoms with Crippen molar-refractivity contribution in [3.63, 3.8) is 0 Å². The Balaban J connectivity index is 2.22. The molecule has 18 heavy (non-hydrogen) atoms. The molecule has 0 saturated heterocycles. The third-order valence-electron chi connectivity index (χ3n) is 4.56. The van der Waals surface area contributed by atoms with Crippen LogP contribution in [0.5, 0.6) is 0 Å². The Kier molecular flexibility index (Phi) is 3.61. The fraction of sp³-hybridized carbons (Fsp3) is 0.588. The molecule has 98 valence electrons. The maximum absolute atomic E-state index is 12.5. The zero-order valence-electron chi connectivity index (χ0n) is 12.1. The number of carbonyl (C=O) groups excluding carboxylic acids is 1. The normalized spacial score (nSPS) is 18.0. The van der Waals surface area contributed by atoms with Gasteiger partial charge >= 0.3 is 0 Å². The van der Waals surface area contributed by atoms with Gasteiger partial charge in [-0.3, -0.25) is 4.79 Å². The van der Waals surface area contributed by atoms with E-state index in [0.717, 1.165) is 12.8 Å². The Labute approximate surface area is 111 Å². The molecule has 1 heteroatoms. The van der Waals surface area contributed by atoms with Crippen LogP contribution >= 0.6 is 0 Å². The first-order valence-electron chi connectivity index (χ1n) is 7.02. The van der Waals surface area contributed by atoms with Gasteiger partial charge in [-0.25, -0.2) is 0 Å². The van der Waals surface area contributed by atoms with Gasteiger partial charge in [-0.15, -0.1) is 0 Å². The van der Waals surface area contributed by atoms with Gasteiger partial charge in [0.05, 0.1) is 0 Å². The van der Waals surface area contributed by atoms with Gasteiger partial charge in [-0.05, 0) is 50.3 Å². The minimum atomic E-state index is -0.0518. The maximum atomic E-state index is 12.5. The summed E-state index contributed by atoms with van der Waals surface area (Å²) in [5, 5.41) is 0. The van der Waals surface area contributed by atoms with Gasteiger partial charge in [-0.2, -0.15) is 0 Å². The summed E-state index contributed by atoms with van der Waals surface area (Å²) in [6, 6.07) is 4.37. The fourth-order valence-electron chi connectivity index (χ4n) is 3.30. The highest BCUT2D eigenvalue weighted by molar-refractivity contribution is 5.87. The van der Waals surface area contributed by atoms with E-state index >= 15 is 0 Å². The predicted octanol–water partition coefficient (Wildman–Crippen LogP) is 4.30. The number of hydrogen-bond donors (Lipinski definition) is 0. The van der Waals surface area contributed by atoms with Crippen LogP contribution in [-0.4, -0.2) is 5.78 Å². The van der Waals surface area contributed by atoms with Crippen LogP contribution in [-0.2, 0) is 11.2 Å². The summed E-state index contributed by atoms with van der Waals surface area (Å²) in [7, 11) is 0. The Hall–Kier alpha value is -1.11. The van der Waals surface area contributed by atoms with Crippen LogP contribution in [0.2, 0.25) is 0 Å². The van der Waals surface area contributed by atoms with Gasteiger partial charge in [0.25, 0.3) is 0 Å². The number of benzene rings is 1. The summed E-state index contributed by atoms with van der Waals surface area (Å²) in [5.41, 5.74) is 5.01. The van der Waals surface area contributed by atoms with Crippen molar-refractivity contribution < 1.29 is 4.79 Å². The number of Topliss-reactive ketones (excluding diaryl/α,β-unsaturated/α-hetero) is 1. The summed E-state index contributed by atoms with van der Waals surface area (Å²) in [5.74, 6) is 0.440. The second-order valence-corrected chi connectivity index (χ2v) is 6.24. The van der Waals surface area contributed by atoms with E-state index < -0.39 is 0 Å². The lowest BCUT2D eigenvalue weighted by molar-refractivity contribution is -0.126. The van der Waals surface area contributed by atoms with Crippen molar-refractivity contribution in [2.75, 3.05) is 0 Å². The lowest BCUT2D eigenvalue weighted by atomic mass is 9.80. The average molecular weight is 244 g/mol. The Morgan fingerprint density at radius 2 is 1.61 bits per heavy atom. The van der Waals surface area contributed by atoms with Gasteiger partial charge in [0.1, 0.15) is 5.78 Å².